The molecule has 0 unspecified atom stereocenters. The van der Waals surface area contributed by atoms with Gasteiger partial charge in [0.1, 0.15) is 5.82 Å². The molecule has 1 N–H and O–H groups in total. The average molecular weight is 179 g/mol. The van der Waals surface area contributed by atoms with Crippen molar-refractivity contribution in [2.24, 2.45) is 0 Å². The van der Waals surface area contributed by atoms with E-state index in [1.54, 1.807) is 0 Å². The van der Waals surface area contributed by atoms with Gasteiger partial charge in [-0.3, -0.25) is 0 Å². The lowest BCUT2D eigenvalue weighted by atomic mass is 10.0. The normalized spacial score (nSPS) is 20.8. The first-order valence-electron chi connectivity index (χ1n) is 4.84. The first-order valence-corrected chi connectivity index (χ1v) is 4.84. The van der Waals surface area contributed by atoms with Crippen molar-refractivity contribution in [1.29, 1.82) is 0 Å². The third-order valence-corrected chi connectivity index (χ3v) is 2.54. The van der Waals surface area contributed by atoms with Crippen LogP contribution in [-0.2, 0) is 13.0 Å². The molecule has 0 atom stereocenters. The fraction of sp³-hybridized carbons (Fsp3) is 0.700. The van der Waals surface area contributed by atoms with Crippen LogP contribution in [0.25, 0.3) is 0 Å². The molecule has 72 valence electrons. The van der Waals surface area contributed by atoms with Crippen LogP contribution in [-0.4, -0.2) is 21.6 Å². The van der Waals surface area contributed by atoms with Crippen LogP contribution in [0.3, 0.4) is 0 Å². The molecule has 1 aromatic heterocycles. The lowest BCUT2D eigenvalue weighted by Crippen LogP contribution is -2.40. The van der Waals surface area contributed by atoms with E-state index in [0.717, 1.165) is 25.2 Å². The quantitative estimate of drug-likeness (QED) is 0.646. The Balaban J connectivity index is 2.33. The Morgan fingerprint density at radius 1 is 1.54 bits per heavy atom. The molecule has 0 bridgehead atoms. The number of aryl methyl sites for hydroxylation is 1. The van der Waals surface area contributed by atoms with Gasteiger partial charge in [-0.05, 0) is 20.8 Å². The summed E-state index contributed by atoms with van der Waals surface area (Å²) in [5, 5.41) is 3.51. The second-order valence-corrected chi connectivity index (χ2v) is 4.48. The molecule has 3 heteroatoms. The van der Waals surface area contributed by atoms with Crippen molar-refractivity contribution in [3.8, 4) is 0 Å². The van der Waals surface area contributed by atoms with Crippen LogP contribution in [0.2, 0.25) is 0 Å². The minimum absolute atomic E-state index is 0.187. The minimum atomic E-state index is 0.187. The van der Waals surface area contributed by atoms with Crippen molar-refractivity contribution in [1.82, 2.24) is 14.9 Å². The maximum absolute atomic E-state index is 4.53. The molecule has 0 fully saturated rings. The Hall–Kier alpha value is -0.830. The zero-order chi connectivity index (χ0) is 9.47. The molecule has 13 heavy (non-hydrogen) atoms. The number of rotatable bonds is 0. The van der Waals surface area contributed by atoms with Gasteiger partial charge in [-0.15, -0.1) is 0 Å². The summed E-state index contributed by atoms with van der Waals surface area (Å²) < 4.78 is 2.26. The molecule has 0 amide bonds. The Morgan fingerprint density at radius 3 is 3.08 bits per heavy atom. The molecule has 3 nitrogen and oxygen atoms in total. The molecule has 0 saturated heterocycles. The number of hydrogen-bond donors (Lipinski definition) is 1. The van der Waals surface area contributed by atoms with Gasteiger partial charge in [0.15, 0.2) is 0 Å². The highest BCUT2D eigenvalue weighted by Crippen LogP contribution is 2.15. The van der Waals surface area contributed by atoms with E-state index in [9.17, 15) is 0 Å². The lowest BCUT2D eigenvalue weighted by molar-refractivity contribution is 0.397. The van der Waals surface area contributed by atoms with Gasteiger partial charge >= 0.3 is 0 Å². The fourth-order valence-corrected chi connectivity index (χ4v) is 1.90. The van der Waals surface area contributed by atoms with Crippen molar-refractivity contribution >= 4 is 0 Å². The predicted octanol–water partition coefficient (Wildman–Crippen LogP) is 1.12. The third-order valence-electron chi connectivity index (χ3n) is 2.54. The molecule has 2 heterocycles. The van der Waals surface area contributed by atoms with Gasteiger partial charge in [0.2, 0.25) is 0 Å². The van der Waals surface area contributed by atoms with Crippen molar-refractivity contribution in [3.05, 3.63) is 17.7 Å². The highest BCUT2D eigenvalue weighted by Gasteiger charge is 2.23. The zero-order valence-electron chi connectivity index (χ0n) is 8.59. The highest BCUT2D eigenvalue weighted by atomic mass is 15.1. The summed E-state index contributed by atoms with van der Waals surface area (Å²) in [5.74, 6) is 1.22. The van der Waals surface area contributed by atoms with E-state index in [4.69, 9.17) is 0 Å². The number of fused-ring (bicyclic) bond motifs is 1. The van der Waals surface area contributed by atoms with Gasteiger partial charge in [0.05, 0.1) is 5.69 Å². The Bertz CT molecular complexity index is 312. The van der Waals surface area contributed by atoms with E-state index in [1.165, 1.54) is 5.82 Å². The van der Waals surface area contributed by atoms with Crippen molar-refractivity contribution in [3.63, 3.8) is 0 Å². The van der Waals surface area contributed by atoms with Crippen LogP contribution in [0.4, 0.5) is 0 Å². The monoisotopic (exact) mass is 179 g/mol. The minimum Gasteiger partial charge on any atom is -0.333 e. The van der Waals surface area contributed by atoms with E-state index in [0.29, 0.717) is 0 Å². The van der Waals surface area contributed by atoms with Gasteiger partial charge in [0.25, 0.3) is 0 Å². The molecule has 0 radical (unpaired) electrons. The molecule has 0 saturated carbocycles. The van der Waals surface area contributed by atoms with E-state index in [2.05, 4.69) is 41.8 Å². The molecular weight excluding hydrogens is 162 g/mol. The molecule has 0 aliphatic carbocycles. The van der Waals surface area contributed by atoms with Crippen LogP contribution < -0.4 is 5.32 Å². The predicted molar refractivity (Wildman–Crippen MR) is 52.7 cm³/mol. The summed E-state index contributed by atoms with van der Waals surface area (Å²) in [6.45, 7) is 8.59. The second kappa shape index (κ2) is 2.84. The van der Waals surface area contributed by atoms with Gasteiger partial charge in [0, 0.05) is 31.2 Å². The summed E-state index contributed by atoms with van der Waals surface area (Å²) in [4.78, 5) is 4.53. The largest absolute Gasteiger partial charge is 0.333 e. The van der Waals surface area contributed by atoms with Gasteiger partial charge in [-0.25, -0.2) is 4.98 Å². The summed E-state index contributed by atoms with van der Waals surface area (Å²) in [5.41, 5.74) is 1.32. The number of nitrogens with one attached hydrogen (secondary N) is 1. The molecule has 1 aliphatic heterocycles. The van der Waals surface area contributed by atoms with Crippen LogP contribution in [0.15, 0.2) is 6.20 Å². The molecule has 0 spiro atoms. The summed E-state index contributed by atoms with van der Waals surface area (Å²) in [6.07, 6.45) is 3.15. The maximum atomic E-state index is 4.53. The summed E-state index contributed by atoms with van der Waals surface area (Å²) in [7, 11) is 0. The zero-order valence-corrected chi connectivity index (χ0v) is 8.59. The van der Waals surface area contributed by atoms with Crippen LogP contribution in [0.5, 0.6) is 0 Å². The molecule has 1 aromatic rings. The molecule has 0 aromatic carbocycles. The second-order valence-electron chi connectivity index (χ2n) is 4.48. The van der Waals surface area contributed by atoms with Crippen LogP contribution in [0, 0.1) is 6.92 Å². The first-order chi connectivity index (χ1) is 6.07. The van der Waals surface area contributed by atoms with Gasteiger partial charge in [-0.1, -0.05) is 0 Å². The average Bonchev–Trinajstić information content (AvgIpc) is 2.23. The standard InChI is InChI=1S/C10H17N3/c1-8-7-13-5-4-11-10(2,3)6-9(13)12-8/h7,11H,4-6H2,1-3H3. The van der Waals surface area contributed by atoms with Gasteiger partial charge < -0.3 is 9.88 Å². The number of hydrogen-bond acceptors (Lipinski definition) is 2. The Labute approximate surface area is 79.2 Å². The highest BCUT2D eigenvalue weighted by molar-refractivity contribution is 5.07. The topological polar surface area (TPSA) is 29.9 Å². The summed E-state index contributed by atoms with van der Waals surface area (Å²) in [6, 6.07) is 0. The van der Waals surface area contributed by atoms with Crippen LogP contribution >= 0.6 is 0 Å². The Kier molecular flexibility index (Phi) is 1.91. The van der Waals surface area contributed by atoms with Crippen molar-refractivity contribution < 1.29 is 0 Å². The van der Waals surface area contributed by atoms with Crippen molar-refractivity contribution in [2.45, 2.75) is 39.3 Å². The van der Waals surface area contributed by atoms with Crippen LogP contribution in [0.1, 0.15) is 25.4 Å². The summed E-state index contributed by atoms with van der Waals surface area (Å²) >= 11 is 0. The smallest absolute Gasteiger partial charge is 0.110 e. The molecule has 1 aliphatic rings. The SMILES string of the molecule is Cc1cn2c(n1)CC(C)(C)NCC2. The number of aromatic nitrogens is 2. The van der Waals surface area contributed by atoms with E-state index in [1.807, 2.05) is 0 Å². The van der Waals surface area contributed by atoms with Gasteiger partial charge in [-0.2, -0.15) is 0 Å². The Morgan fingerprint density at radius 2 is 2.31 bits per heavy atom. The number of nitrogens with zero attached hydrogens (tertiary/aromatic N) is 2. The lowest BCUT2D eigenvalue weighted by Gasteiger charge is -2.22. The van der Waals surface area contributed by atoms with E-state index >= 15 is 0 Å². The third kappa shape index (κ3) is 1.75. The first kappa shape index (κ1) is 8.75. The molecular formula is C10H17N3. The number of imidazole rings is 1. The molecule has 2 rings (SSSR count). The van der Waals surface area contributed by atoms with E-state index in [-0.39, 0.29) is 5.54 Å². The fourth-order valence-electron chi connectivity index (χ4n) is 1.90. The van der Waals surface area contributed by atoms with Crippen molar-refractivity contribution in [2.75, 3.05) is 6.54 Å². The van der Waals surface area contributed by atoms with E-state index < -0.39 is 0 Å². The maximum Gasteiger partial charge on any atom is 0.110 e.